The van der Waals surface area contributed by atoms with Crippen molar-refractivity contribution in [2.45, 2.75) is 90.4 Å². The van der Waals surface area contributed by atoms with Gasteiger partial charge in [0.05, 0.1) is 6.10 Å². The molecule has 1 heterocycles. The average molecular weight is 362 g/mol. The van der Waals surface area contributed by atoms with Gasteiger partial charge in [-0.25, -0.2) is 0 Å². The van der Waals surface area contributed by atoms with Gasteiger partial charge in [-0.15, -0.1) is 0 Å². The highest BCUT2D eigenvalue weighted by Crippen LogP contribution is 2.40. The molecule has 1 rings (SSSR count). The highest BCUT2D eigenvalue weighted by Gasteiger charge is 2.52. The lowest BCUT2D eigenvalue weighted by molar-refractivity contribution is -0.282. The fraction of sp³-hybridized carbons (Fsp3) is 0.875. The second-order valence-electron chi connectivity index (χ2n) is 7.72. The van der Waals surface area contributed by atoms with E-state index in [-0.39, 0.29) is 5.04 Å². The minimum atomic E-state index is -2.21. The molecule has 0 amide bonds. The van der Waals surface area contributed by atoms with Crippen LogP contribution in [-0.2, 0) is 28.2 Å². The lowest BCUT2D eigenvalue weighted by atomic mass is 9.99. The Labute approximate surface area is 144 Å². The Hall–Kier alpha value is -0.963. The number of ether oxygens (including phenoxy) is 3. The zero-order chi connectivity index (χ0) is 18.9. The highest BCUT2D eigenvalue weighted by molar-refractivity contribution is 6.74. The number of aliphatic hydroxyl groups is 1. The zero-order valence-electron chi connectivity index (χ0n) is 15.8. The van der Waals surface area contributed by atoms with E-state index < -0.39 is 51.0 Å². The van der Waals surface area contributed by atoms with Crippen molar-refractivity contribution in [1.29, 1.82) is 0 Å². The Kier molecular flexibility index (Phi) is 6.60. The zero-order valence-corrected chi connectivity index (χ0v) is 16.8. The monoisotopic (exact) mass is 362 g/mol. The second-order valence-corrected chi connectivity index (χ2v) is 12.5. The summed E-state index contributed by atoms with van der Waals surface area (Å²) < 4.78 is 22.3. The van der Waals surface area contributed by atoms with Crippen molar-refractivity contribution in [3.05, 3.63) is 0 Å². The van der Waals surface area contributed by atoms with Crippen molar-refractivity contribution in [3.8, 4) is 0 Å². The first-order valence-electron chi connectivity index (χ1n) is 8.12. The minimum absolute atomic E-state index is 0.0690. The van der Waals surface area contributed by atoms with Crippen molar-refractivity contribution < 1.29 is 33.3 Å². The first-order valence-corrected chi connectivity index (χ1v) is 11.0. The van der Waals surface area contributed by atoms with Gasteiger partial charge in [0.1, 0.15) is 6.10 Å². The molecule has 0 bridgehead atoms. The van der Waals surface area contributed by atoms with E-state index >= 15 is 0 Å². The van der Waals surface area contributed by atoms with Crippen LogP contribution in [0, 0.1) is 0 Å². The summed E-state index contributed by atoms with van der Waals surface area (Å²) in [5, 5.41) is 10.0. The van der Waals surface area contributed by atoms with Gasteiger partial charge in [-0.05, 0) is 25.1 Å². The fourth-order valence-corrected chi connectivity index (χ4v) is 3.67. The smallest absolute Gasteiger partial charge is 0.303 e. The predicted molar refractivity (Wildman–Crippen MR) is 89.7 cm³/mol. The summed E-state index contributed by atoms with van der Waals surface area (Å²) in [7, 11) is -2.21. The van der Waals surface area contributed by atoms with Gasteiger partial charge < -0.3 is 23.7 Å². The van der Waals surface area contributed by atoms with Crippen molar-refractivity contribution in [2.75, 3.05) is 0 Å². The van der Waals surface area contributed by atoms with Crippen molar-refractivity contribution in [3.63, 3.8) is 0 Å². The Bertz CT molecular complexity index is 472. The second kappa shape index (κ2) is 7.51. The van der Waals surface area contributed by atoms with E-state index in [0.29, 0.717) is 0 Å². The summed E-state index contributed by atoms with van der Waals surface area (Å²) in [6.45, 7) is 14.6. The van der Waals surface area contributed by atoms with E-state index in [9.17, 15) is 14.7 Å². The molecule has 5 atom stereocenters. The van der Waals surface area contributed by atoms with Gasteiger partial charge in [-0.1, -0.05) is 20.8 Å². The van der Waals surface area contributed by atoms with Crippen molar-refractivity contribution in [2.24, 2.45) is 0 Å². The summed E-state index contributed by atoms with van der Waals surface area (Å²) >= 11 is 0. The normalized spacial score (nSPS) is 31.5. The van der Waals surface area contributed by atoms with Gasteiger partial charge in [-0.2, -0.15) is 0 Å². The van der Waals surface area contributed by atoms with Gasteiger partial charge >= 0.3 is 11.9 Å². The quantitative estimate of drug-likeness (QED) is 0.604. The number of hydrogen-bond acceptors (Lipinski definition) is 7. The Morgan fingerprint density at radius 2 is 1.46 bits per heavy atom. The summed E-state index contributed by atoms with van der Waals surface area (Å²) in [5.41, 5.74) is 0. The molecule has 0 saturated carbocycles. The maximum absolute atomic E-state index is 11.5. The van der Waals surface area contributed by atoms with Crippen LogP contribution in [0.25, 0.3) is 0 Å². The van der Waals surface area contributed by atoms with Gasteiger partial charge in [0, 0.05) is 13.8 Å². The summed E-state index contributed by atoms with van der Waals surface area (Å²) in [4.78, 5) is 22.9. The van der Waals surface area contributed by atoms with Crippen LogP contribution in [0.4, 0.5) is 0 Å². The minimum Gasteiger partial charge on any atom is -0.456 e. The third kappa shape index (κ3) is 5.02. The summed E-state index contributed by atoms with van der Waals surface area (Å²) in [5.74, 6) is -1.14. The third-order valence-electron chi connectivity index (χ3n) is 4.59. The molecule has 0 aromatic heterocycles. The number of hydrogen-bond donors (Lipinski definition) is 1. The molecule has 7 nitrogen and oxygen atoms in total. The molecule has 0 aliphatic carbocycles. The van der Waals surface area contributed by atoms with Crippen LogP contribution in [-0.4, -0.2) is 56.1 Å². The van der Waals surface area contributed by atoms with Gasteiger partial charge in [0.25, 0.3) is 0 Å². The highest BCUT2D eigenvalue weighted by atomic mass is 28.4. The molecule has 24 heavy (non-hydrogen) atoms. The third-order valence-corrected chi connectivity index (χ3v) is 9.06. The lowest BCUT2D eigenvalue weighted by Gasteiger charge is -2.47. The molecule has 140 valence electrons. The van der Waals surface area contributed by atoms with E-state index in [1.165, 1.54) is 13.8 Å². The van der Waals surface area contributed by atoms with E-state index in [0.717, 1.165) is 0 Å². The Morgan fingerprint density at radius 3 is 1.88 bits per heavy atom. The standard InChI is InChI=1S/C16H30O7Si/c1-9-12(23-24(7,8)16(4,5)6)13(21-10(2)17)14(15(19)20-9)22-11(3)18/h9,12-15,19H,1-8H3/t9-,12-,13+,14+,15?/m1/s1. The molecule has 1 unspecified atom stereocenters. The predicted octanol–water partition coefficient (Wildman–Crippen LogP) is 1.98. The number of carbonyl (C=O) groups excluding carboxylic acids is 2. The van der Waals surface area contributed by atoms with Gasteiger partial charge in [-0.3, -0.25) is 9.59 Å². The molecular formula is C16H30O7Si. The van der Waals surface area contributed by atoms with Crippen LogP contribution in [0.5, 0.6) is 0 Å². The number of esters is 2. The number of rotatable bonds is 4. The average Bonchev–Trinajstić information content (AvgIpc) is 2.36. The van der Waals surface area contributed by atoms with E-state index in [2.05, 4.69) is 33.9 Å². The van der Waals surface area contributed by atoms with Gasteiger partial charge in [0.15, 0.2) is 26.8 Å². The van der Waals surface area contributed by atoms with Crippen LogP contribution >= 0.6 is 0 Å². The molecular weight excluding hydrogens is 332 g/mol. The fourth-order valence-electron chi connectivity index (χ4n) is 2.31. The molecule has 0 radical (unpaired) electrons. The molecule has 8 heteroatoms. The number of aliphatic hydroxyl groups excluding tert-OH is 1. The molecule has 1 saturated heterocycles. The maximum Gasteiger partial charge on any atom is 0.303 e. The van der Waals surface area contributed by atoms with E-state index in [1.54, 1.807) is 6.92 Å². The van der Waals surface area contributed by atoms with Gasteiger partial charge in [0.2, 0.25) is 0 Å². The van der Waals surface area contributed by atoms with Crippen LogP contribution < -0.4 is 0 Å². The Morgan fingerprint density at radius 1 is 1.00 bits per heavy atom. The molecule has 0 aromatic carbocycles. The first kappa shape index (κ1) is 21.1. The molecule has 1 fully saturated rings. The van der Waals surface area contributed by atoms with E-state index in [1.807, 2.05) is 0 Å². The number of carbonyl (C=O) groups is 2. The first-order chi connectivity index (χ1) is 10.8. The van der Waals surface area contributed by atoms with Crippen LogP contribution in [0.3, 0.4) is 0 Å². The van der Waals surface area contributed by atoms with E-state index in [4.69, 9.17) is 18.6 Å². The molecule has 0 spiro atoms. The lowest BCUT2D eigenvalue weighted by Crippen LogP contribution is -2.63. The summed E-state index contributed by atoms with van der Waals surface area (Å²) in [6, 6.07) is 0. The molecule has 1 aliphatic rings. The SMILES string of the molecule is CC(=O)O[C@H]1[C@H](O[Si](C)(C)C(C)(C)C)[C@@H](C)OC(O)[C@H]1OC(C)=O. The topological polar surface area (TPSA) is 91.3 Å². The van der Waals surface area contributed by atoms with Crippen molar-refractivity contribution >= 4 is 20.3 Å². The van der Waals surface area contributed by atoms with Crippen LogP contribution in [0.2, 0.25) is 18.1 Å². The molecule has 0 aromatic rings. The maximum atomic E-state index is 11.5. The van der Waals surface area contributed by atoms with Crippen LogP contribution in [0.1, 0.15) is 41.5 Å². The summed E-state index contributed by atoms with van der Waals surface area (Å²) in [6.07, 6.45) is -4.60. The molecule has 1 aliphatic heterocycles. The van der Waals surface area contributed by atoms with Crippen molar-refractivity contribution in [1.82, 2.24) is 0 Å². The largest absolute Gasteiger partial charge is 0.456 e. The Balaban J connectivity index is 3.16. The molecule has 1 N–H and O–H groups in total. The van der Waals surface area contributed by atoms with Crippen LogP contribution in [0.15, 0.2) is 0 Å².